The van der Waals surface area contributed by atoms with Crippen molar-refractivity contribution >= 4 is 5.57 Å². The summed E-state index contributed by atoms with van der Waals surface area (Å²) in [6.45, 7) is 1.51. The van der Waals surface area contributed by atoms with Crippen LogP contribution in [0.3, 0.4) is 0 Å². The van der Waals surface area contributed by atoms with Crippen molar-refractivity contribution in [2.24, 2.45) is 0 Å². The smallest absolute Gasteiger partial charge is 0.119 e. The van der Waals surface area contributed by atoms with Gasteiger partial charge in [0.2, 0.25) is 0 Å². The van der Waals surface area contributed by atoms with Gasteiger partial charge >= 0.3 is 0 Å². The summed E-state index contributed by atoms with van der Waals surface area (Å²) < 4.78 is 10.7. The molecule has 1 aliphatic carbocycles. The number of hydrogen-bond donors (Lipinski definition) is 0. The molecule has 0 amide bonds. The van der Waals surface area contributed by atoms with Crippen molar-refractivity contribution in [1.29, 1.82) is 0 Å². The fourth-order valence-corrected chi connectivity index (χ4v) is 1.92. The Morgan fingerprint density at radius 3 is 2.65 bits per heavy atom. The number of rotatable bonds is 4. The van der Waals surface area contributed by atoms with Crippen LogP contribution in [-0.2, 0) is 4.74 Å². The fourth-order valence-electron chi connectivity index (χ4n) is 1.92. The first-order chi connectivity index (χ1) is 8.42. The normalized spacial score (nSPS) is 22.1. The SMILES string of the molecule is C1=CC(c2ccc(OCC3CO3)cc2)=CCC1. The maximum atomic E-state index is 5.61. The molecule has 1 saturated heterocycles. The Labute approximate surface area is 102 Å². The fraction of sp³-hybridized carbons (Fsp3) is 0.333. The van der Waals surface area contributed by atoms with Crippen LogP contribution in [0.1, 0.15) is 18.4 Å². The van der Waals surface area contributed by atoms with E-state index in [1.54, 1.807) is 0 Å². The minimum atomic E-state index is 0.318. The summed E-state index contributed by atoms with van der Waals surface area (Å²) in [4.78, 5) is 0. The topological polar surface area (TPSA) is 21.8 Å². The first-order valence-corrected chi connectivity index (χ1v) is 6.13. The summed E-state index contributed by atoms with van der Waals surface area (Å²) in [6, 6.07) is 8.29. The lowest BCUT2D eigenvalue weighted by Crippen LogP contribution is -2.03. The van der Waals surface area contributed by atoms with Crippen molar-refractivity contribution in [3.8, 4) is 5.75 Å². The van der Waals surface area contributed by atoms with Crippen LogP contribution in [0.2, 0.25) is 0 Å². The van der Waals surface area contributed by atoms with Gasteiger partial charge in [-0.1, -0.05) is 30.4 Å². The molecule has 1 fully saturated rings. The summed E-state index contributed by atoms with van der Waals surface area (Å²) >= 11 is 0. The minimum absolute atomic E-state index is 0.318. The highest BCUT2D eigenvalue weighted by molar-refractivity contribution is 5.74. The van der Waals surface area contributed by atoms with Gasteiger partial charge in [-0.25, -0.2) is 0 Å². The molecule has 1 aliphatic heterocycles. The monoisotopic (exact) mass is 228 g/mol. The lowest BCUT2D eigenvalue weighted by atomic mass is 10.00. The van der Waals surface area contributed by atoms with Gasteiger partial charge in [0, 0.05) is 0 Å². The largest absolute Gasteiger partial charge is 0.491 e. The Balaban J connectivity index is 1.66. The summed E-state index contributed by atoms with van der Waals surface area (Å²) in [7, 11) is 0. The third kappa shape index (κ3) is 2.77. The highest BCUT2D eigenvalue weighted by Gasteiger charge is 2.22. The Hall–Kier alpha value is -1.54. The molecule has 1 atom stereocenters. The number of allylic oxidation sites excluding steroid dienone is 4. The van der Waals surface area contributed by atoms with E-state index < -0.39 is 0 Å². The molecule has 0 N–H and O–H groups in total. The average molecular weight is 228 g/mol. The molecule has 0 radical (unpaired) electrons. The molecule has 1 unspecified atom stereocenters. The van der Waals surface area contributed by atoms with Crippen LogP contribution in [-0.4, -0.2) is 19.3 Å². The summed E-state index contributed by atoms with van der Waals surface area (Å²) in [6.07, 6.45) is 9.32. The lowest BCUT2D eigenvalue weighted by molar-refractivity contribution is 0.263. The molecule has 0 aromatic heterocycles. The van der Waals surface area contributed by atoms with Crippen LogP contribution in [0.15, 0.2) is 42.5 Å². The standard InChI is InChI=1S/C15H16O2/c1-2-4-12(5-3-1)13-6-8-14(9-7-13)16-10-15-11-17-15/h2,4-9,15H,1,3,10-11H2. The van der Waals surface area contributed by atoms with E-state index in [1.807, 2.05) is 12.1 Å². The molecule has 1 aromatic rings. The first-order valence-electron chi connectivity index (χ1n) is 6.13. The van der Waals surface area contributed by atoms with Gasteiger partial charge in [0.15, 0.2) is 0 Å². The van der Waals surface area contributed by atoms with E-state index in [-0.39, 0.29) is 0 Å². The predicted molar refractivity (Wildman–Crippen MR) is 68.0 cm³/mol. The van der Waals surface area contributed by atoms with Gasteiger partial charge in [-0.05, 0) is 36.1 Å². The van der Waals surface area contributed by atoms with E-state index in [2.05, 4.69) is 30.4 Å². The highest BCUT2D eigenvalue weighted by atomic mass is 16.6. The van der Waals surface area contributed by atoms with Gasteiger partial charge in [0.25, 0.3) is 0 Å². The zero-order chi connectivity index (χ0) is 11.5. The van der Waals surface area contributed by atoms with E-state index in [4.69, 9.17) is 9.47 Å². The van der Waals surface area contributed by atoms with Crippen LogP contribution in [0.25, 0.3) is 5.57 Å². The number of ether oxygens (including phenoxy) is 2. The van der Waals surface area contributed by atoms with E-state index in [0.717, 1.165) is 25.2 Å². The third-order valence-corrected chi connectivity index (χ3v) is 3.02. The molecule has 0 bridgehead atoms. The Bertz CT molecular complexity index is 438. The van der Waals surface area contributed by atoms with Crippen molar-refractivity contribution in [1.82, 2.24) is 0 Å². The zero-order valence-electron chi connectivity index (χ0n) is 9.76. The molecular weight excluding hydrogens is 212 g/mol. The van der Waals surface area contributed by atoms with Crippen LogP contribution >= 0.6 is 0 Å². The van der Waals surface area contributed by atoms with Crippen molar-refractivity contribution in [3.63, 3.8) is 0 Å². The second-order valence-corrected chi connectivity index (χ2v) is 4.43. The molecule has 2 nitrogen and oxygen atoms in total. The summed E-state index contributed by atoms with van der Waals surface area (Å²) in [5, 5.41) is 0. The Morgan fingerprint density at radius 1 is 1.18 bits per heavy atom. The molecule has 0 spiro atoms. The minimum Gasteiger partial charge on any atom is -0.491 e. The van der Waals surface area contributed by atoms with Gasteiger partial charge in [-0.2, -0.15) is 0 Å². The van der Waals surface area contributed by atoms with Crippen molar-refractivity contribution in [2.75, 3.05) is 13.2 Å². The predicted octanol–water partition coefficient (Wildman–Crippen LogP) is 3.20. The maximum absolute atomic E-state index is 5.61. The van der Waals surface area contributed by atoms with E-state index in [1.165, 1.54) is 11.1 Å². The number of epoxide rings is 1. The van der Waals surface area contributed by atoms with E-state index >= 15 is 0 Å². The number of hydrogen-bond acceptors (Lipinski definition) is 2. The van der Waals surface area contributed by atoms with Crippen LogP contribution in [0.4, 0.5) is 0 Å². The summed E-state index contributed by atoms with van der Waals surface area (Å²) in [5.41, 5.74) is 2.57. The molecule has 1 heterocycles. The van der Waals surface area contributed by atoms with Crippen LogP contribution in [0.5, 0.6) is 5.75 Å². The van der Waals surface area contributed by atoms with E-state index in [0.29, 0.717) is 12.7 Å². The molecular formula is C15H16O2. The van der Waals surface area contributed by atoms with Crippen molar-refractivity contribution < 1.29 is 9.47 Å². The van der Waals surface area contributed by atoms with Crippen molar-refractivity contribution in [2.45, 2.75) is 18.9 Å². The lowest BCUT2D eigenvalue weighted by Gasteiger charge is -2.09. The van der Waals surface area contributed by atoms with Gasteiger partial charge in [-0.15, -0.1) is 0 Å². The second kappa shape index (κ2) is 4.76. The van der Waals surface area contributed by atoms with Gasteiger partial charge in [0.05, 0.1) is 6.61 Å². The quantitative estimate of drug-likeness (QED) is 0.738. The molecule has 17 heavy (non-hydrogen) atoms. The molecule has 3 rings (SSSR count). The number of benzene rings is 1. The molecule has 2 heteroatoms. The second-order valence-electron chi connectivity index (χ2n) is 4.43. The zero-order valence-corrected chi connectivity index (χ0v) is 9.76. The van der Waals surface area contributed by atoms with Gasteiger partial charge in [0.1, 0.15) is 18.5 Å². The first kappa shape index (κ1) is 10.6. The molecule has 1 aromatic carbocycles. The van der Waals surface area contributed by atoms with E-state index in [9.17, 15) is 0 Å². The molecule has 88 valence electrons. The molecule has 0 saturated carbocycles. The van der Waals surface area contributed by atoms with Gasteiger partial charge in [-0.3, -0.25) is 0 Å². The van der Waals surface area contributed by atoms with Crippen molar-refractivity contribution in [3.05, 3.63) is 48.1 Å². The van der Waals surface area contributed by atoms with Crippen LogP contribution in [0, 0.1) is 0 Å². The average Bonchev–Trinajstić information content (AvgIpc) is 3.22. The maximum Gasteiger partial charge on any atom is 0.119 e. The van der Waals surface area contributed by atoms with Gasteiger partial charge < -0.3 is 9.47 Å². The third-order valence-electron chi connectivity index (χ3n) is 3.02. The van der Waals surface area contributed by atoms with Crippen LogP contribution < -0.4 is 4.74 Å². The summed E-state index contributed by atoms with van der Waals surface area (Å²) in [5.74, 6) is 0.921. The highest BCUT2D eigenvalue weighted by Crippen LogP contribution is 2.23. The molecule has 2 aliphatic rings. The Morgan fingerprint density at radius 2 is 2.00 bits per heavy atom. The Kier molecular flexibility index (Phi) is 2.97.